The van der Waals surface area contributed by atoms with Crippen molar-refractivity contribution in [3.05, 3.63) is 24.0 Å². The van der Waals surface area contributed by atoms with Crippen molar-refractivity contribution < 1.29 is 23.8 Å². The van der Waals surface area contributed by atoms with E-state index in [4.69, 9.17) is 9.84 Å². The van der Waals surface area contributed by atoms with E-state index in [-0.39, 0.29) is 12.6 Å². The Morgan fingerprint density at radius 2 is 2.11 bits per heavy atom. The summed E-state index contributed by atoms with van der Waals surface area (Å²) < 4.78 is 22.8. The van der Waals surface area contributed by atoms with E-state index in [9.17, 15) is 9.18 Å². The monoisotopic (exact) mass is 256 g/mol. The van der Waals surface area contributed by atoms with E-state index in [1.54, 1.807) is 13.8 Å². The Hall–Kier alpha value is -1.78. The molecule has 0 saturated carbocycles. The van der Waals surface area contributed by atoms with Gasteiger partial charge in [-0.05, 0) is 32.4 Å². The van der Waals surface area contributed by atoms with E-state index in [1.165, 1.54) is 19.2 Å². The first-order valence-electron chi connectivity index (χ1n) is 5.56. The van der Waals surface area contributed by atoms with Crippen LogP contribution in [0, 0.1) is 11.2 Å². The second-order valence-corrected chi connectivity index (χ2v) is 4.59. The number of methoxy groups -OCH3 is 1. The summed E-state index contributed by atoms with van der Waals surface area (Å²) in [5.41, 5.74) is -0.642. The highest BCUT2D eigenvalue weighted by molar-refractivity contribution is 5.75. The van der Waals surface area contributed by atoms with Gasteiger partial charge in [0.15, 0.2) is 11.6 Å². The van der Waals surface area contributed by atoms with E-state index in [0.29, 0.717) is 12.2 Å². The highest BCUT2D eigenvalue weighted by Crippen LogP contribution is 2.25. The molecule has 0 aromatic heterocycles. The minimum absolute atomic E-state index is 0.271. The SMILES string of the molecule is COC(=O)C(C)(C)CCOc1ccc(F)c(O)c1. The van der Waals surface area contributed by atoms with Crippen LogP contribution in [0.5, 0.6) is 11.5 Å². The number of ether oxygens (including phenoxy) is 2. The van der Waals surface area contributed by atoms with Gasteiger partial charge in [-0.1, -0.05) is 0 Å². The van der Waals surface area contributed by atoms with Gasteiger partial charge in [0.05, 0.1) is 19.1 Å². The first kappa shape index (κ1) is 14.3. The summed E-state index contributed by atoms with van der Waals surface area (Å²) in [6.45, 7) is 3.78. The highest BCUT2D eigenvalue weighted by Gasteiger charge is 2.28. The molecule has 0 fully saturated rings. The maximum atomic E-state index is 12.8. The van der Waals surface area contributed by atoms with Crippen LogP contribution in [0.3, 0.4) is 0 Å². The smallest absolute Gasteiger partial charge is 0.311 e. The maximum absolute atomic E-state index is 12.8. The van der Waals surface area contributed by atoms with Gasteiger partial charge in [-0.3, -0.25) is 4.79 Å². The van der Waals surface area contributed by atoms with Gasteiger partial charge in [0.2, 0.25) is 0 Å². The summed E-state index contributed by atoms with van der Waals surface area (Å²) in [6, 6.07) is 3.73. The lowest BCUT2D eigenvalue weighted by Gasteiger charge is -2.21. The summed E-state index contributed by atoms with van der Waals surface area (Å²) in [7, 11) is 1.34. The third-order valence-corrected chi connectivity index (χ3v) is 2.65. The van der Waals surface area contributed by atoms with E-state index >= 15 is 0 Å². The molecule has 18 heavy (non-hydrogen) atoms. The molecule has 0 aliphatic rings. The Kier molecular flexibility index (Phi) is 4.53. The number of hydrogen-bond acceptors (Lipinski definition) is 4. The first-order chi connectivity index (χ1) is 8.36. The molecule has 1 rings (SSSR count). The lowest BCUT2D eigenvalue weighted by Crippen LogP contribution is -2.27. The van der Waals surface area contributed by atoms with Gasteiger partial charge in [-0.2, -0.15) is 0 Å². The molecule has 4 nitrogen and oxygen atoms in total. The summed E-state index contributed by atoms with van der Waals surface area (Å²) in [6.07, 6.45) is 0.456. The molecule has 1 N–H and O–H groups in total. The van der Waals surface area contributed by atoms with Crippen LogP contribution in [0.2, 0.25) is 0 Å². The number of benzene rings is 1. The van der Waals surface area contributed by atoms with Crippen LogP contribution in [0.1, 0.15) is 20.3 Å². The Morgan fingerprint density at radius 1 is 1.44 bits per heavy atom. The predicted molar refractivity (Wildman–Crippen MR) is 64.0 cm³/mol. The molecule has 0 aliphatic heterocycles. The summed E-state index contributed by atoms with van der Waals surface area (Å²) in [5.74, 6) is -1.11. The maximum Gasteiger partial charge on any atom is 0.311 e. The van der Waals surface area contributed by atoms with Gasteiger partial charge < -0.3 is 14.6 Å². The normalized spacial score (nSPS) is 11.1. The van der Waals surface area contributed by atoms with Crippen molar-refractivity contribution in [2.45, 2.75) is 20.3 Å². The van der Waals surface area contributed by atoms with Gasteiger partial charge in [0.25, 0.3) is 0 Å². The Morgan fingerprint density at radius 3 is 2.67 bits per heavy atom. The number of halogens is 1. The van der Waals surface area contributed by atoms with Crippen LogP contribution in [-0.2, 0) is 9.53 Å². The van der Waals surface area contributed by atoms with Crippen LogP contribution in [0.25, 0.3) is 0 Å². The first-order valence-corrected chi connectivity index (χ1v) is 5.56. The van der Waals surface area contributed by atoms with E-state index < -0.39 is 17.0 Å². The van der Waals surface area contributed by atoms with Crippen molar-refractivity contribution in [3.63, 3.8) is 0 Å². The third kappa shape index (κ3) is 3.61. The second-order valence-electron chi connectivity index (χ2n) is 4.59. The van der Waals surface area contributed by atoms with Gasteiger partial charge in [0, 0.05) is 6.07 Å². The van der Waals surface area contributed by atoms with Crippen molar-refractivity contribution in [1.82, 2.24) is 0 Å². The summed E-state index contributed by atoms with van der Waals surface area (Å²) >= 11 is 0. The van der Waals surface area contributed by atoms with Gasteiger partial charge in [-0.25, -0.2) is 4.39 Å². The number of esters is 1. The van der Waals surface area contributed by atoms with E-state index in [2.05, 4.69) is 4.74 Å². The Bertz CT molecular complexity index is 429. The standard InChI is InChI=1S/C13H17FO4/c1-13(2,12(16)17-3)6-7-18-9-4-5-10(14)11(15)8-9/h4-5,8,15H,6-7H2,1-3H3. The minimum Gasteiger partial charge on any atom is -0.505 e. The number of carbonyl (C=O) groups excluding carboxylic acids is 1. The van der Waals surface area contributed by atoms with E-state index in [1.807, 2.05) is 0 Å². The summed E-state index contributed by atoms with van der Waals surface area (Å²) in [4.78, 5) is 11.4. The zero-order valence-corrected chi connectivity index (χ0v) is 10.7. The molecule has 100 valence electrons. The minimum atomic E-state index is -0.697. The lowest BCUT2D eigenvalue weighted by molar-refractivity contribution is -0.151. The van der Waals surface area contributed by atoms with E-state index in [0.717, 1.165) is 6.07 Å². The van der Waals surface area contributed by atoms with Gasteiger partial charge in [0.1, 0.15) is 5.75 Å². The topological polar surface area (TPSA) is 55.8 Å². The molecule has 0 aliphatic carbocycles. The molecule has 1 aromatic carbocycles. The van der Waals surface area contributed by atoms with Gasteiger partial charge in [-0.15, -0.1) is 0 Å². The molecular weight excluding hydrogens is 239 g/mol. The fourth-order valence-corrected chi connectivity index (χ4v) is 1.38. The molecule has 0 spiro atoms. The molecule has 0 saturated heterocycles. The lowest BCUT2D eigenvalue weighted by atomic mass is 9.90. The number of carbonyl (C=O) groups is 1. The highest BCUT2D eigenvalue weighted by atomic mass is 19.1. The van der Waals surface area contributed by atoms with Crippen LogP contribution in [0.15, 0.2) is 18.2 Å². The molecule has 5 heteroatoms. The summed E-state index contributed by atoms with van der Waals surface area (Å²) in [5, 5.41) is 9.16. The number of phenols is 1. The fourth-order valence-electron chi connectivity index (χ4n) is 1.38. The average Bonchev–Trinajstić information content (AvgIpc) is 2.32. The number of aromatic hydroxyl groups is 1. The Balaban J connectivity index is 2.51. The largest absolute Gasteiger partial charge is 0.505 e. The Labute approximate surface area is 105 Å². The van der Waals surface area contributed by atoms with Crippen molar-refractivity contribution in [2.24, 2.45) is 5.41 Å². The van der Waals surface area contributed by atoms with Crippen LogP contribution in [0.4, 0.5) is 4.39 Å². The number of hydrogen-bond donors (Lipinski definition) is 1. The van der Waals surface area contributed by atoms with Gasteiger partial charge >= 0.3 is 5.97 Å². The van der Waals surface area contributed by atoms with Crippen LogP contribution in [-0.4, -0.2) is 24.8 Å². The fraction of sp³-hybridized carbons (Fsp3) is 0.462. The van der Waals surface area contributed by atoms with Crippen molar-refractivity contribution in [3.8, 4) is 11.5 Å². The molecule has 0 radical (unpaired) electrons. The molecule has 0 heterocycles. The van der Waals surface area contributed by atoms with Crippen molar-refractivity contribution in [1.29, 1.82) is 0 Å². The molecule has 0 amide bonds. The molecule has 0 bridgehead atoms. The van der Waals surface area contributed by atoms with Crippen molar-refractivity contribution in [2.75, 3.05) is 13.7 Å². The molecule has 1 aromatic rings. The number of rotatable bonds is 5. The third-order valence-electron chi connectivity index (χ3n) is 2.65. The molecular formula is C13H17FO4. The zero-order valence-electron chi connectivity index (χ0n) is 10.7. The molecule has 0 unspecified atom stereocenters. The molecule has 0 atom stereocenters. The average molecular weight is 256 g/mol. The quantitative estimate of drug-likeness (QED) is 0.822. The second kappa shape index (κ2) is 5.71. The van der Waals surface area contributed by atoms with Crippen LogP contribution >= 0.6 is 0 Å². The van der Waals surface area contributed by atoms with Crippen molar-refractivity contribution >= 4 is 5.97 Å². The van der Waals surface area contributed by atoms with Crippen LogP contribution < -0.4 is 4.74 Å². The predicted octanol–water partition coefficient (Wildman–Crippen LogP) is 2.50. The zero-order chi connectivity index (χ0) is 13.8. The number of phenolic OH excluding ortho intramolecular Hbond substituents is 1.